The number of nitrogens with two attached hydrogens (primary N) is 1. The summed E-state index contributed by atoms with van der Waals surface area (Å²) in [4.78, 5) is 12.0. The van der Waals surface area contributed by atoms with Crippen LogP contribution in [0.25, 0.3) is 0 Å². The van der Waals surface area contributed by atoms with Gasteiger partial charge in [0.25, 0.3) is 0 Å². The van der Waals surface area contributed by atoms with Crippen LogP contribution in [0.1, 0.15) is 24.8 Å². The van der Waals surface area contributed by atoms with Crippen LogP contribution in [-0.2, 0) is 30.8 Å². The zero-order chi connectivity index (χ0) is 19.0. The summed E-state index contributed by atoms with van der Waals surface area (Å²) in [7, 11) is -2.06. The van der Waals surface area contributed by atoms with E-state index in [0.29, 0.717) is 13.2 Å². The molecule has 1 amide bonds. The molecule has 1 aliphatic heterocycles. The van der Waals surface area contributed by atoms with E-state index in [4.69, 9.17) is 15.2 Å². The highest BCUT2D eigenvalue weighted by Crippen LogP contribution is 2.14. The molecule has 26 heavy (non-hydrogen) atoms. The minimum absolute atomic E-state index is 0.0521. The summed E-state index contributed by atoms with van der Waals surface area (Å²) in [5, 5.41) is 2.76. The van der Waals surface area contributed by atoms with Crippen LogP contribution < -0.4 is 15.8 Å². The van der Waals surface area contributed by atoms with Gasteiger partial charge in [-0.3, -0.25) is 4.79 Å². The SMILES string of the molecule is COC(CN)CC(=O)NCc1ccc(S(=O)(=O)NCC2CCCO2)cc1. The normalized spacial score (nSPS) is 18.6. The third-order valence-corrected chi connectivity index (χ3v) is 5.70. The fourth-order valence-electron chi connectivity index (χ4n) is 2.62. The van der Waals surface area contributed by atoms with Crippen molar-refractivity contribution in [1.82, 2.24) is 10.0 Å². The lowest BCUT2D eigenvalue weighted by molar-refractivity contribution is -0.123. The van der Waals surface area contributed by atoms with Crippen molar-refractivity contribution in [1.29, 1.82) is 0 Å². The molecule has 0 bridgehead atoms. The van der Waals surface area contributed by atoms with E-state index in [1.165, 1.54) is 19.2 Å². The third-order valence-electron chi connectivity index (χ3n) is 4.26. The lowest BCUT2D eigenvalue weighted by Gasteiger charge is -2.13. The van der Waals surface area contributed by atoms with Crippen molar-refractivity contribution >= 4 is 15.9 Å². The molecule has 0 aromatic heterocycles. The molecule has 1 fully saturated rings. The van der Waals surface area contributed by atoms with E-state index in [0.717, 1.165) is 18.4 Å². The first kappa shape index (κ1) is 20.8. The molecule has 2 rings (SSSR count). The Balaban J connectivity index is 1.83. The average Bonchev–Trinajstić information content (AvgIpc) is 3.17. The maximum atomic E-state index is 12.3. The minimum Gasteiger partial charge on any atom is -0.380 e. The van der Waals surface area contributed by atoms with Gasteiger partial charge < -0.3 is 20.5 Å². The highest BCUT2D eigenvalue weighted by Gasteiger charge is 2.20. The van der Waals surface area contributed by atoms with Crippen molar-refractivity contribution < 1.29 is 22.7 Å². The van der Waals surface area contributed by atoms with Gasteiger partial charge in [0, 0.05) is 33.4 Å². The molecule has 146 valence electrons. The first-order chi connectivity index (χ1) is 12.4. The van der Waals surface area contributed by atoms with Gasteiger partial charge in [0.05, 0.1) is 23.5 Å². The second-order valence-electron chi connectivity index (χ2n) is 6.21. The Morgan fingerprint density at radius 1 is 1.38 bits per heavy atom. The van der Waals surface area contributed by atoms with Crippen molar-refractivity contribution in [3.05, 3.63) is 29.8 Å². The van der Waals surface area contributed by atoms with E-state index >= 15 is 0 Å². The Morgan fingerprint density at radius 3 is 2.69 bits per heavy atom. The van der Waals surface area contributed by atoms with Gasteiger partial charge in [-0.2, -0.15) is 0 Å². The molecule has 2 atom stereocenters. The van der Waals surface area contributed by atoms with Crippen LogP contribution in [0.2, 0.25) is 0 Å². The molecule has 2 unspecified atom stereocenters. The molecule has 0 aliphatic carbocycles. The topological polar surface area (TPSA) is 120 Å². The largest absolute Gasteiger partial charge is 0.380 e. The zero-order valence-electron chi connectivity index (χ0n) is 14.9. The number of methoxy groups -OCH3 is 1. The van der Waals surface area contributed by atoms with Crippen molar-refractivity contribution in [3.63, 3.8) is 0 Å². The van der Waals surface area contributed by atoms with Gasteiger partial charge in [-0.25, -0.2) is 13.1 Å². The lowest BCUT2D eigenvalue weighted by Crippen LogP contribution is -2.32. The van der Waals surface area contributed by atoms with Crippen LogP contribution in [-0.4, -0.2) is 53.3 Å². The van der Waals surface area contributed by atoms with Gasteiger partial charge in [-0.1, -0.05) is 12.1 Å². The predicted molar refractivity (Wildman–Crippen MR) is 96.9 cm³/mol. The van der Waals surface area contributed by atoms with Crippen molar-refractivity contribution in [2.75, 3.05) is 26.8 Å². The van der Waals surface area contributed by atoms with Crippen LogP contribution in [0.3, 0.4) is 0 Å². The first-order valence-corrected chi connectivity index (χ1v) is 10.1. The van der Waals surface area contributed by atoms with Crippen LogP contribution in [0.5, 0.6) is 0 Å². The van der Waals surface area contributed by atoms with Gasteiger partial charge in [0.2, 0.25) is 15.9 Å². The number of carbonyl (C=O) groups is 1. The second kappa shape index (κ2) is 9.98. The molecule has 1 heterocycles. The predicted octanol–water partition coefficient (Wildman–Crippen LogP) is 0.124. The minimum atomic E-state index is -3.57. The molecule has 8 nitrogen and oxygen atoms in total. The summed E-state index contributed by atoms with van der Waals surface area (Å²) < 4.78 is 37.6. The van der Waals surface area contributed by atoms with Crippen molar-refractivity contribution in [2.45, 2.75) is 42.9 Å². The molecule has 4 N–H and O–H groups in total. The standard InChI is InChI=1S/C17H27N3O5S/c1-24-15(10-18)9-17(21)19-11-13-4-6-16(7-5-13)26(22,23)20-12-14-3-2-8-25-14/h4-7,14-15,20H,2-3,8-12,18H2,1H3,(H,19,21). The van der Waals surface area contributed by atoms with E-state index in [1.54, 1.807) is 12.1 Å². The molecular formula is C17H27N3O5S. The Kier molecular flexibility index (Phi) is 7.98. The summed E-state index contributed by atoms with van der Waals surface area (Å²) in [6.07, 6.45) is 1.66. The van der Waals surface area contributed by atoms with E-state index in [1.807, 2.05) is 0 Å². The summed E-state index contributed by atoms with van der Waals surface area (Å²) in [6.45, 7) is 1.55. The summed E-state index contributed by atoms with van der Waals surface area (Å²) in [5.74, 6) is -0.169. The first-order valence-electron chi connectivity index (χ1n) is 8.64. The molecule has 1 aromatic carbocycles. The number of nitrogens with one attached hydrogen (secondary N) is 2. The van der Waals surface area contributed by atoms with E-state index in [9.17, 15) is 13.2 Å². The highest BCUT2D eigenvalue weighted by atomic mass is 32.2. The van der Waals surface area contributed by atoms with Crippen LogP contribution in [0, 0.1) is 0 Å². The second-order valence-corrected chi connectivity index (χ2v) is 7.97. The Bertz CT molecular complexity index is 668. The molecule has 0 radical (unpaired) electrons. The number of sulfonamides is 1. The van der Waals surface area contributed by atoms with Gasteiger partial charge in [-0.05, 0) is 30.5 Å². The molecule has 9 heteroatoms. The van der Waals surface area contributed by atoms with Crippen molar-refractivity contribution in [2.24, 2.45) is 5.73 Å². The number of hydrogen-bond acceptors (Lipinski definition) is 6. The maximum absolute atomic E-state index is 12.3. The summed E-state index contributed by atoms with van der Waals surface area (Å²) >= 11 is 0. The summed E-state index contributed by atoms with van der Waals surface area (Å²) in [5.41, 5.74) is 6.29. The third kappa shape index (κ3) is 6.33. The van der Waals surface area contributed by atoms with Gasteiger partial charge in [-0.15, -0.1) is 0 Å². The zero-order valence-corrected chi connectivity index (χ0v) is 15.8. The van der Waals surface area contributed by atoms with E-state index < -0.39 is 10.0 Å². The number of rotatable bonds is 10. The monoisotopic (exact) mass is 385 g/mol. The van der Waals surface area contributed by atoms with Crippen molar-refractivity contribution in [3.8, 4) is 0 Å². The fraction of sp³-hybridized carbons (Fsp3) is 0.588. The number of benzene rings is 1. The van der Waals surface area contributed by atoms with E-state index in [2.05, 4.69) is 10.0 Å². The smallest absolute Gasteiger partial charge is 0.240 e. The van der Waals surface area contributed by atoms with E-state index in [-0.39, 0.29) is 42.5 Å². The average molecular weight is 385 g/mol. The molecular weight excluding hydrogens is 358 g/mol. The Morgan fingerprint density at radius 2 is 2.12 bits per heavy atom. The number of ether oxygens (including phenoxy) is 2. The van der Waals surface area contributed by atoms with Crippen LogP contribution in [0.4, 0.5) is 0 Å². The van der Waals surface area contributed by atoms with Crippen LogP contribution >= 0.6 is 0 Å². The van der Waals surface area contributed by atoms with Gasteiger partial charge >= 0.3 is 0 Å². The van der Waals surface area contributed by atoms with Gasteiger partial charge in [0.15, 0.2) is 0 Å². The fourth-order valence-corrected chi connectivity index (χ4v) is 3.69. The van der Waals surface area contributed by atoms with Gasteiger partial charge in [0.1, 0.15) is 0 Å². The lowest BCUT2D eigenvalue weighted by atomic mass is 10.2. The molecule has 1 aliphatic rings. The number of amides is 1. The summed E-state index contributed by atoms with van der Waals surface area (Å²) in [6, 6.07) is 6.41. The Hall–Kier alpha value is -1.52. The quantitative estimate of drug-likeness (QED) is 0.526. The number of hydrogen-bond donors (Lipinski definition) is 3. The van der Waals surface area contributed by atoms with Crippen LogP contribution in [0.15, 0.2) is 29.2 Å². The maximum Gasteiger partial charge on any atom is 0.240 e. The molecule has 1 saturated heterocycles. The number of carbonyl (C=O) groups excluding carboxylic acids is 1. The Labute approximate surface area is 154 Å². The molecule has 0 saturated carbocycles. The highest BCUT2D eigenvalue weighted by molar-refractivity contribution is 7.89. The molecule has 1 aromatic rings. The molecule has 0 spiro atoms.